The monoisotopic (exact) mass is 342 g/mol. The molecule has 126 valence electrons. The van der Waals surface area contributed by atoms with Gasteiger partial charge < -0.3 is 5.32 Å². The van der Waals surface area contributed by atoms with Crippen molar-refractivity contribution in [2.75, 3.05) is 12.4 Å². The van der Waals surface area contributed by atoms with Gasteiger partial charge in [-0.15, -0.1) is 10.2 Å². The molecule has 0 fully saturated rings. The van der Waals surface area contributed by atoms with Crippen molar-refractivity contribution in [1.82, 2.24) is 25.5 Å². The molecule has 25 heavy (non-hydrogen) atoms. The second kappa shape index (κ2) is 6.95. The number of benzene rings is 1. The number of urea groups is 1. The van der Waals surface area contributed by atoms with Gasteiger partial charge in [0.1, 0.15) is 17.2 Å². The number of anilines is 1. The molecule has 0 atom stereocenters. The highest BCUT2D eigenvalue weighted by molar-refractivity contribution is 5.88. The molecule has 0 unspecified atom stereocenters. The number of pyridine rings is 1. The summed E-state index contributed by atoms with van der Waals surface area (Å²) in [6, 6.07) is 6.67. The summed E-state index contributed by atoms with van der Waals surface area (Å²) in [5, 5.41) is 12.4. The minimum absolute atomic E-state index is 0.0347. The third kappa shape index (κ3) is 3.39. The zero-order chi connectivity index (χ0) is 17.8. The largest absolute Gasteiger partial charge is 0.341 e. The highest BCUT2D eigenvalue weighted by Crippen LogP contribution is 2.31. The summed E-state index contributed by atoms with van der Waals surface area (Å²) in [7, 11) is 1.42. The molecule has 0 aliphatic carbocycles. The van der Waals surface area contributed by atoms with Gasteiger partial charge in [-0.3, -0.25) is 10.3 Å². The molecule has 7 nitrogen and oxygen atoms in total. The first-order valence-corrected chi connectivity index (χ1v) is 7.18. The van der Waals surface area contributed by atoms with E-state index in [2.05, 4.69) is 30.8 Å². The lowest BCUT2D eigenvalue weighted by Gasteiger charge is -2.11. The maximum Gasteiger partial charge on any atom is 0.321 e. The van der Waals surface area contributed by atoms with Crippen LogP contribution >= 0.6 is 0 Å². The summed E-state index contributed by atoms with van der Waals surface area (Å²) < 4.78 is 28.3. The minimum Gasteiger partial charge on any atom is -0.341 e. The number of nitrogens with zero attached hydrogens (tertiary/aromatic N) is 4. The molecular weight excluding hydrogens is 330 g/mol. The number of amides is 2. The first-order chi connectivity index (χ1) is 12.1. The average Bonchev–Trinajstić information content (AvgIpc) is 2.63. The first-order valence-electron chi connectivity index (χ1n) is 7.18. The van der Waals surface area contributed by atoms with Crippen molar-refractivity contribution < 1.29 is 13.6 Å². The van der Waals surface area contributed by atoms with Crippen LogP contribution in [-0.2, 0) is 0 Å². The van der Waals surface area contributed by atoms with Gasteiger partial charge >= 0.3 is 6.03 Å². The summed E-state index contributed by atoms with van der Waals surface area (Å²) in [6.45, 7) is 0. The van der Waals surface area contributed by atoms with Gasteiger partial charge in [0.05, 0.1) is 6.20 Å². The van der Waals surface area contributed by atoms with E-state index in [1.165, 1.54) is 37.5 Å². The SMILES string of the molecule is CNC(=O)Nc1nnc(-c2ccncc2F)c(-c2ccccc2F)n1. The van der Waals surface area contributed by atoms with Crippen molar-refractivity contribution in [2.45, 2.75) is 0 Å². The predicted octanol–water partition coefficient (Wildman–Crippen LogP) is 2.63. The number of rotatable bonds is 3. The molecule has 0 aliphatic heterocycles. The molecule has 2 aromatic heterocycles. The van der Waals surface area contributed by atoms with E-state index in [0.717, 1.165) is 6.20 Å². The average molecular weight is 342 g/mol. The second-order valence-electron chi connectivity index (χ2n) is 4.87. The lowest BCUT2D eigenvalue weighted by molar-refractivity contribution is 0.253. The van der Waals surface area contributed by atoms with E-state index in [0.29, 0.717) is 0 Å². The third-order valence-electron chi connectivity index (χ3n) is 3.30. The van der Waals surface area contributed by atoms with Crippen molar-refractivity contribution in [3.8, 4) is 22.5 Å². The lowest BCUT2D eigenvalue weighted by Crippen LogP contribution is -2.26. The third-order valence-corrected chi connectivity index (χ3v) is 3.30. The van der Waals surface area contributed by atoms with Crippen molar-refractivity contribution in [1.29, 1.82) is 0 Å². The van der Waals surface area contributed by atoms with Gasteiger partial charge in [0.25, 0.3) is 5.95 Å². The van der Waals surface area contributed by atoms with Crippen LogP contribution < -0.4 is 10.6 Å². The van der Waals surface area contributed by atoms with E-state index in [1.54, 1.807) is 6.07 Å². The summed E-state index contributed by atoms with van der Waals surface area (Å²) in [5.74, 6) is -1.36. The van der Waals surface area contributed by atoms with Crippen LogP contribution in [0.2, 0.25) is 0 Å². The summed E-state index contributed by atoms with van der Waals surface area (Å²) in [6.07, 6.45) is 2.39. The quantitative estimate of drug-likeness (QED) is 0.763. The molecule has 0 saturated carbocycles. The summed E-state index contributed by atoms with van der Waals surface area (Å²) in [4.78, 5) is 19.2. The molecule has 2 N–H and O–H groups in total. The molecule has 0 bridgehead atoms. The van der Waals surface area contributed by atoms with E-state index in [4.69, 9.17) is 0 Å². The zero-order valence-corrected chi connectivity index (χ0v) is 13.0. The van der Waals surface area contributed by atoms with Crippen molar-refractivity contribution in [3.63, 3.8) is 0 Å². The normalized spacial score (nSPS) is 10.4. The Balaban J connectivity index is 2.20. The van der Waals surface area contributed by atoms with Crippen LogP contribution in [0.3, 0.4) is 0 Å². The summed E-state index contributed by atoms with van der Waals surface area (Å²) >= 11 is 0. The van der Waals surface area contributed by atoms with E-state index >= 15 is 0 Å². The molecular formula is C16H12F2N6O. The fraction of sp³-hybridized carbons (Fsp3) is 0.0625. The standard InChI is InChI=1S/C16H12F2N6O/c1-19-16(25)22-15-21-13(9-4-2-3-5-11(9)17)14(23-24-15)10-6-7-20-8-12(10)18/h2-8H,1H3,(H2,19,21,22,24,25). The molecule has 0 aliphatic rings. The Labute approximate surface area is 141 Å². The Kier molecular flexibility index (Phi) is 4.55. The number of hydrogen-bond acceptors (Lipinski definition) is 5. The Morgan fingerprint density at radius 1 is 1.00 bits per heavy atom. The van der Waals surface area contributed by atoms with Crippen LogP contribution in [-0.4, -0.2) is 33.2 Å². The zero-order valence-electron chi connectivity index (χ0n) is 13.0. The number of hydrogen-bond donors (Lipinski definition) is 2. The molecule has 2 heterocycles. The molecule has 0 saturated heterocycles. The van der Waals surface area contributed by atoms with Crippen molar-refractivity contribution in [3.05, 3.63) is 54.4 Å². The molecule has 1 aromatic carbocycles. The van der Waals surface area contributed by atoms with E-state index in [-0.39, 0.29) is 28.5 Å². The van der Waals surface area contributed by atoms with Crippen LogP contribution in [0.25, 0.3) is 22.5 Å². The first kappa shape index (κ1) is 16.4. The number of halogens is 2. The number of carbonyl (C=O) groups is 1. The number of nitrogens with one attached hydrogen (secondary N) is 2. The molecule has 3 rings (SSSR count). The Hall–Kier alpha value is -3.49. The van der Waals surface area contributed by atoms with Gasteiger partial charge in [-0.2, -0.15) is 0 Å². The molecule has 0 radical (unpaired) electrons. The molecule has 3 aromatic rings. The number of carbonyl (C=O) groups excluding carboxylic acids is 1. The van der Waals surface area contributed by atoms with Crippen molar-refractivity contribution >= 4 is 12.0 Å². The van der Waals surface area contributed by atoms with Gasteiger partial charge in [0.2, 0.25) is 0 Å². The van der Waals surface area contributed by atoms with Gasteiger partial charge in [-0.1, -0.05) is 12.1 Å². The maximum atomic E-state index is 14.2. The molecule has 9 heteroatoms. The highest BCUT2D eigenvalue weighted by atomic mass is 19.1. The topological polar surface area (TPSA) is 92.7 Å². The van der Waals surface area contributed by atoms with E-state index in [1.807, 2.05) is 0 Å². The predicted molar refractivity (Wildman–Crippen MR) is 86.5 cm³/mol. The fourth-order valence-electron chi connectivity index (χ4n) is 2.13. The van der Waals surface area contributed by atoms with Crippen LogP contribution in [0.5, 0.6) is 0 Å². The smallest absolute Gasteiger partial charge is 0.321 e. The van der Waals surface area contributed by atoms with Gasteiger partial charge in [-0.05, 0) is 18.2 Å². The second-order valence-corrected chi connectivity index (χ2v) is 4.87. The van der Waals surface area contributed by atoms with E-state index in [9.17, 15) is 13.6 Å². The minimum atomic E-state index is -0.650. The Morgan fingerprint density at radius 2 is 1.76 bits per heavy atom. The molecule has 2 amide bonds. The van der Waals surface area contributed by atoms with Crippen LogP contribution in [0.4, 0.5) is 19.5 Å². The number of aromatic nitrogens is 4. The maximum absolute atomic E-state index is 14.2. The Morgan fingerprint density at radius 3 is 2.48 bits per heavy atom. The van der Waals surface area contributed by atoms with E-state index < -0.39 is 17.7 Å². The van der Waals surface area contributed by atoms with Gasteiger partial charge in [-0.25, -0.2) is 18.6 Å². The van der Waals surface area contributed by atoms with Crippen LogP contribution in [0.15, 0.2) is 42.7 Å². The molecule has 0 spiro atoms. The van der Waals surface area contributed by atoms with Crippen molar-refractivity contribution in [2.24, 2.45) is 0 Å². The summed E-state index contributed by atoms with van der Waals surface area (Å²) in [5.41, 5.74) is 0.250. The highest BCUT2D eigenvalue weighted by Gasteiger charge is 2.19. The Bertz CT molecular complexity index is 934. The van der Waals surface area contributed by atoms with Gasteiger partial charge in [0.15, 0.2) is 5.82 Å². The van der Waals surface area contributed by atoms with Crippen LogP contribution in [0.1, 0.15) is 0 Å². The lowest BCUT2D eigenvalue weighted by atomic mass is 10.0. The van der Waals surface area contributed by atoms with Crippen LogP contribution in [0, 0.1) is 11.6 Å². The van der Waals surface area contributed by atoms with Gasteiger partial charge in [0, 0.05) is 24.4 Å². The fourth-order valence-corrected chi connectivity index (χ4v) is 2.13.